The summed E-state index contributed by atoms with van der Waals surface area (Å²) >= 11 is 0. The lowest BCUT2D eigenvalue weighted by molar-refractivity contribution is 0.402. The van der Waals surface area contributed by atoms with Crippen LogP contribution in [0.2, 0.25) is 0 Å². The number of nitrogens with zero attached hydrogens (tertiary/aromatic N) is 3. The highest BCUT2D eigenvalue weighted by Crippen LogP contribution is 2.29. The number of benzene rings is 2. The third-order valence-corrected chi connectivity index (χ3v) is 5.56. The molecule has 0 fully saturated rings. The number of hydrogen-bond acceptors (Lipinski definition) is 5. The van der Waals surface area contributed by atoms with Gasteiger partial charge in [0.05, 0.1) is 7.11 Å². The second-order valence-electron chi connectivity index (χ2n) is 6.04. The van der Waals surface area contributed by atoms with Gasteiger partial charge in [0.25, 0.3) is 10.0 Å². The molecule has 136 valence electrons. The second kappa shape index (κ2) is 6.80. The molecule has 0 bridgehead atoms. The van der Waals surface area contributed by atoms with Crippen LogP contribution in [0.1, 0.15) is 11.1 Å². The molecule has 0 saturated carbocycles. The fourth-order valence-electron chi connectivity index (χ4n) is 2.61. The summed E-state index contributed by atoms with van der Waals surface area (Å²) in [6.45, 7) is 3.77. The first-order valence-electron chi connectivity index (χ1n) is 7.94. The van der Waals surface area contributed by atoms with Gasteiger partial charge in [-0.05, 0) is 49.2 Å². The van der Waals surface area contributed by atoms with E-state index in [1.165, 1.54) is 7.11 Å². The minimum absolute atomic E-state index is 0.104. The smallest absolute Gasteiger partial charge is 0.265 e. The zero-order valence-corrected chi connectivity index (χ0v) is 15.8. The molecule has 0 radical (unpaired) electrons. The highest BCUT2D eigenvalue weighted by Gasteiger charge is 2.21. The molecular weight excluding hydrogens is 352 g/mol. The molecule has 0 aliphatic rings. The van der Waals surface area contributed by atoms with Crippen molar-refractivity contribution < 1.29 is 13.2 Å². The Hall–Kier alpha value is -2.87. The first-order valence-corrected chi connectivity index (χ1v) is 9.42. The standard InChI is InChI=1S/C18H20N4O3S/c1-12-8-16(25-4)17(9-13(12)2)26(23,24)21-15-7-5-6-14(10-15)18-20-19-11-22(18)3/h5-11,21H,1-4H3. The average Bonchev–Trinajstić information content (AvgIpc) is 3.02. The van der Waals surface area contributed by atoms with Crippen LogP contribution in [0.15, 0.2) is 47.6 Å². The molecule has 8 heteroatoms. The first-order chi connectivity index (χ1) is 12.3. The highest BCUT2D eigenvalue weighted by atomic mass is 32.2. The minimum atomic E-state index is -3.81. The maximum Gasteiger partial charge on any atom is 0.265 e. The summed E-state index contributed by atoms with van der Waals surface area (Å²) < 4.78 is 35.4. The molecule has 0 amide bonds. The van der Waals surface area contributed by atoms with Crippen molar-refractivity contribution in [3.8, 4) is 17.1 Å². The minimum Gasteiger partial charge on any atom is -0.495 e. The number of anilines is 1. The van der Waals surface area contributed by atoms with Gasteiger partial charge >= 0.3 is 0 Å². The second-order valence-corrected chi connectivity index (χ2v) is 7.69. The Balaban J connectivity index is 1.99. The fourth-order valence-corrected chi connectivity index (χ4v) is 3.90. The summed E-state index contributed by atoms with van der Waals surface area (Å²) in [5.74, 6) is 0.958. The number of ether oxygens (including phenoxy) is 1. The van der Waals surface area contributed by atoms with Crippen LogP contribution in [0.25, 0.3) is 11.4 Å². The lowest BCUT2D eigenvalue weighted by Gasteiger charge is -2.14. The third kappa shape index (κ3) is 3.41. The van der Waals surface area contributed by atoms with Crippen molar-refractivity contribution in [1.82, 2.24) is 14.8 Å². The van der Waals surface area contributed by atoms with E-state index in [1.54, 1.807) is 41.2 Å². The van der Waals surface area contributed by atoms with E-state index >= 15 is 0 Å². The van der Waals surface area contributed by atoms with Gasteiger partial charge in [0, 0.05) is 18.3 Å². The molecule has 0 atom stereocenters. The molecule has 0 saturated heterocycles. The quantitative estimate of drug-likeness (QED) is 0.744. The van der Waals surface area contributed by atoms with Crippen LogP contribution in [0.5, 0.6) is 5.75 Å². The first kappa shape index (κ1) is 17.9. The average molecular weight is 372 g/mol. The van der Waals surface area contributed by atoms with Gasteiger partial charge in [-0.3, -0.25) is 4.72 Å². The topological polar surface area (TPSA) is 86.1 Å². The van der Waals surface area contributed by atoms with E-state index in [2.05, 4.69) is 14.9 Å². The van der Waals surface area contributed by atoms with E-state index in [9.17, 15) is 8.42 Å². The van der Waals surface area contributed by atoms with Crippen LogP contribution in [-0.2, 0) is 17.1 Å². The van der Waals surface area contributed by atoms with E-state index in [1.807, 2.05) is 27.0 Å². The zero-order valence-electron chi connectivity index (χ0n) is 15.0. The van der Waals surface area contributed by atoms with Crippen molar-refractivity contribution in [2.24, 2.45) is 7.05 Å². The van der Waals surface area contributed by atoms with Crippen molar-refractivity contribution >= 4 is 15.7 Å². The Morgan fingerprint density at radius 2 is 1.85 bits per heavy atom. The Morgan fingerprint density at radius 3 is 2.50 bits per heavy atom. The number of methoxy groups -OCH3 is 1. The summed E-state index contributed by atoms with van der Waals surface area (Å²) in [6, 6.07) is 10.3. The molecule has 0 aliphatic carbocycles. The Bertz CT molecular complexity index is 1060. The molecule has 1 aromatic heterocycles. The fraction of sp³-hybridized carbons (Fsp3) is 0.222. The van der Waals surface area contributed by atoms with E-state index < -0.39 is 10.0 Å². The summed E-state index contributed by atoms with van der Waals surface area (Å²) in [7, 11) is -0.527. The summed E-state index contributed by atoms with van der Waals surface area (Å²) in [5, 5.41) is 7.89. The number of aromatic nitrogens is 3. The van der Waals surface area contributed by atoms with Gasteiger partial charge in [-0.25, -0.2) is 8.42 Å². The summed E-state index contributed by atoms with van der Waals surface area (Å²) in [4.78, 5) is 0.104. The number of sulfonamides is 1. The SMILES string of the molecule is COc1cc(C)c(C)cc1S(=O)(=O)Nc1cccc(-c2nncn2C)c1. The van der Waals surface area contributed by atoms with E-state index in [-0.39, 0.29) is 4.90 Å². The van der Waals surface area contributed by atoms with Gasteiger partial charge in [0.1, 0.15) is 17.0 Å². The van der Waals surface area contributed by atoms with Gasteiger partial charge in [0.2, 0.25) is 0 Å². The molecule has 0 spiro atoms. The maximum absolute atomic E-state index is 12.9. The molecular formula is C18H20N4O3S. The van der Waals surface area contributed by atoms with E-state index in [0.717, 1.165) is 16.7 Å². The van der Waals surface area contributed by atoms with E-state index in [0.29, 0.717) is 17.3 Å². The van der Waals surface area contributed by atoms with Crippen molar-refractivity contribution in [2.75, 3.05) is 11.8 Å². The molecule has 3 aromatic rings. The lowest BCUT2D eigenvalue weighted by atomic mass is 10.1. The third-order valence-electron chi connectivity index (χ3n) is 4.15. The monoisotopic (exact) mass is 372 g/mol. The largest absolute Gasteiger partial charge is 0.495 e. The van der Waals surface area contributed by atoms with Crippen molar-refractivity contribution in [3.63, 3.8) is 0 Å². The van der Waals surface area contributed by atoms with Gasteiger partial charge in [-0.1, -0.05) is 12.1 Å². The molecule has 3 rings (SSSR count). The molecule has 26 heavy (non-hydrogen) atoms. The number of hydrogen-bond donors (Lipinski definition) is 1. The Labute approximate surface area is 152 Å². The van der Waals surface area contributed by atoms with Crippen molar-refractivity contribution in [2.45, 2.75) is 18.7 Å². The molecule has 2 aromatic carbocycles. The molecule has 7 nitrogen and oxygen atoms in total. The van der Waals surface area contributed by atoms with Gasteiger partial charge in [-0.2, -0.15) is 0 Å². The Kier molecular flexibility index (Phi) is 4.69. The summed E-state index contributed by atoms with van der Waals surface area (Å²) in [5.41, 5.74) is 3.03. The van der Waals surface area contributed by atoms with Crippen molar-refractivity contribution in [1.29, 1.82) is 0 Å². The summed E-state index contributed by atoms with van der Waals surface area (Å²) in [6.07, 6.45) is 1.59. The predicted molar refractivity (Wildman–Crippen MR) is 99.7 cm³/mol. The van der Waals surface area contributed by atoms with Gasteiger partial charge in [0.15, 0.2) is 5.82 Å². The van der Waals surface area contributed by atoms with Crippen LogP contribution in [-0.4, -0.2) is 30.3 Å². The molecule has 1 heterocycles. The maximum atomic E-state index is 12.9. The number of rotatable bonds is 5. The lowest BCUT2D eigenvalue weighted by Crippen LogP contribution is -2.14. The molecule has 0 aliphatic heterocycles. The van der Waals surface area contributed by atoms with Crippen LogP contribution in [0.4, 0.5) is 5.69 Å². The highest BCUT2D eigenvalue weighted by molar-refractivity contribution is 7.92. The van der Waals surface area contributed by atoms with Crippen molar-refractivity contribution in [3.05, 3.63) is 53.9 Å². The van der Waals surface area contributed by atoms with Crippen LogP contribution < -0.4 is 9.46 Å². The zero-order chi connectivity index (χ0) is 18.9. The number of nitrogens with one attached hydrogen (secondary N) is 1. The molecule has 0 unspecified atom stereocenters. The van der Waals surface area contributed by atoms with Gasteiger partial charge < -0.3 is 9.30 Å². The number of aryl methyl sites for hydroxylation is 3. The van der Waals surface area contributed by atoms with Crippen LogP contribution >= 0.6 is 0 Å². The van der Waals surface area contributed by atoms with E-state index in [4.69, 9.17) is 4.74 Å². The molecule has 1 N–H and O–H groups in total. The predicted octanol–water partition coefficient (Wildman–Crippen LogP) is 2.91. The normalized spacial score (nSPS) is 11.4. The van der Waals surface area contributed by atoms with Crippen LogP contribution in [0, 0.1) is 13.8 Å². The van der Waals surface area contributed by atoms with Crippen LogP contribution in [0.3, 0.4) is 0 Å². The van der Waals surface area contributed by atoms with Gasteiger partial charge in [-0.15, -0.1) is 10.2 Å². The Morgan fingerprint density at radius 1 is 1.12 bits per heavy atom.